The summed E-state index contributed by atoms with van der Waals surface area (Å²) in [5, 5.41) is 9.10. The Morgan fingerprint density at radius 3 is 3.00 bits per heavy atom. The molecule has 7 nitrogen and oxygen atoms in total. The van der Waals surface area contributed by atoms with Gasteiger partial charge in [-0.15, -0.1) is 0 Å². The lowest BCUT2D eigenvalue weighted by Gasteiger charge is -2.05. The van der Waals surface area contributed by atoms with E-state index >= 15 is 0 Å². The van der Waals surface area contributed by atoms with Crippen molar-refractivity contribution in [3.05, 3.63) is 11.9 Å². The first-order chi connectivity index (χ1) is 10.2. The molecule has 2 heterocycles. The average Bonchev–Trinajstić information content (AvgIpc) is 3.37. The van der Waals surface area contributed by atoms with E-state index in [0.717, 1.165) is 6.42 Å². The fraction of sp³-hybridized carbons (Fsp3) is 0.500. The van der Waals surface area contributed by atoms with Crippen LogP contribution in [-0.4, -0.2) is 37.8 Å². The second-order valence-corrected chi connectivity index (χ2v) is 5.75. The van der Waals surface area contributed by atoms with Crippen molar-refractivity contribution >= 4 is 23.3 Å². The van der Waals surface area contributed by atoms with E-state index in [1.165, 1.54) is 18.4 Å². The Bertz CT molecular complexity index is 719. The van der Waals surface area contributed by atoms with E-state index in [1.807, 2.05) is 10.8 Å². The minimum absolute atomic E-state index is 0.183. The van der Waals surface area contributed by atoms with Gasteiger partial charge < -0.3 is 15.6 Å². The third-order valence-corrected chi connectivity index (χ3v) is 3.93. The van der Waals surface area contributed by atoms with Crippen LogP contribution in [0.2, 0.25) is 0 Å². The van der Waals surface area contributed by atoms with Gasteiger partial charge in [-0.05, 0) is 30.8 Å². The highest BCUT2D eigenvalue weighted by Crippen LogP contribution is 2.38. The maximum absolute atomic E-state index is 9.10. The molecule has 0 radical (unpaired) electrons. The first-order valence-corrected chi connectivity index (χ1v) is 7.19. The van der Waals surface area contributed by atoms with Crippen molar-refractivity contribution in [1.29, 1.82) is 0 Å². The van der Waals surface area contributed by atoms with Gasteiger partial charge >= 0.3 is 0 Å². The molecule has 2 aromatic heterocycles. The Hall–Kier alpha value is -2.15. The standard InChI is InChI=1S/C14H17N5O2/c15-14-17-12-11(13(18-14)21-6-8-1-2-8)16-7-19(12)4-9-3-10(9)5-20/h4,7-8,10,20H,1-3,5-6H2,(H2,15,17,18)/t10-/m1/s1. The molecule has 2 aliphatic carbocycles. The molecule has 2 fully saturated rings. The largest absolute Gasteiger partial charge is 0.476 e. The highest BCUT2D eigenvalue weighted by atomic mass is 16.5. The number of imidazole rings is 1. The SMILES string of the molecule is Nc1nc(OCC2CC2)c2ncn(C=C3C[C@@H]3CO)c2n1. The van der Waals surface area contributed by atoms with Crippen molar-refractivity contribution in [3.63, 3.8) is 0 Å². The Morgan fingerprint density at radius 2 is 2.29 bits per heavy atom. The third kappa shape index (κ3) is 2.44. The number of rotatable bonds is 5. The van der Waals surface area contributed by atoms with Crippen LogP contribution in [0.5, 0.6) is 5.88 Å². The van der Waals surface area contributed by atoms with Crippen LogP contribution in [0.1, 0.15) is 19.3 Å². The summed E-state index contributed by atoms with van der Waals surface area (Å²) in [6.07, 6.45) is 6.98. The molecule has 0 bridgehead atoms. The second-order valence-electron chi connectivity index (χ2n) is 5.75. The number of ether oxygens (including phenoxy) is 1. The Kier molecular flexibility index (Phi) is 2.81. The lowest BCUT2D eigenvalue weighted by molar-refractivity contribution is 0.281. The molecule has 4 rings (SSSR count). The van der Waals surface area contributed by atoms with Crippen LogP contribution in [0.4, 0.5) is 5.95 Å². The molecule has 21 heavy (non-hydrogen) atoms. The van der Waals surface area contributed by atoms with E-state index in [1.54, 1.807) is 6.33 Å². The summed E-state index contributed by atoms with van der Waals surface area (Å²) in [6, 6.07) is 0. The van der Waals surface area contributed by atoms with Gasteiger partial charge in [0.15, 0.2) is 11.2 Å². The average molecular weight is 287 g/mol. The van der Waals surface area contributed by atoms with Gasteiger partial charge in [0, 0.05) is 18.7 Å². The van der Waals surface area contributed by atoms with Gasteiger partial charge in [-0.3, -0.25) is 4.57 Å². The Balaban J connectivity index is 1.68. The normalized spacial score (nSPS) is 22.9. The molecule has 7 heteroatoms. The van der Waals surface area contributed by atoms with Gasteiger partial charge in [0.2, 0.25) is 11.8 Å². The molecule has 3 N–H and O–H groups in total. The quantitative estimate of drug-likeness (QED) is 0.852. The maximum Gasteiger partial charge on any atom is 0.247 e. The number of nitrogens with two attached hydrogens (primary N) is 1. The fourth-order valence-electron chi connectivity index (χ4n) is 2.33. The number of nitrogens with zero attached hydrogens (tertiary/aromatic N) is 4. The summed E-state index contributed by atoms with van der Waals surface area (Å²) in [6.45, 7) is 0.845. The summed E-state index contributed by atoms with van der Waals surface area (Å²) < 4.78 is 7.55. The molecule has 2 aliphatic rings. The molecular weight excluding hydrogens is 270 g/mol. The third-order valence-electron chi connectivity index (χ3n) is 3.93. The predicted molar refractivity (Wildman–Crippen MR) is 77.4 cm³/mol. The van der Waals surface area contributed by atoms with Crippen LogP contribution in [0.25, 0.3) is 17.4 Å². The van der Waals surface area contributed by atoms with Crippen molar-refractivity contribution in [2.45, 2.75) is 19.3 Å². The molecule has 0 saturated heterocycles. The van der Waals surface area contributed by atoms with Crippen LogP contribution in [0.15, 0.2) is 11.9 Å². The Labute approximate surface area is 121 Å². The van der Waals surface area contributed by atoms with Crippen molar-refractivity contribution in [2.75, 3.05) is 18.9 Å². The van der Waals surface area contributed by atoms with Crippen LogP contribution in [0.3, 0.4) is 0 Å². The number of aliphatic hydroxyl groups is 1. The minimum Gasteiger partial charge on any atom is -0.476 e. The smallest absolute Gasteiger partial charge is 0.247 e. The van der Waals surface area contributed by atoms with Gasteiger partial charge in [0.1, 0.15) is 6.33 Å². The van der Waals surface area contributed by atoms with Crippen molar-refractivity contribution in [1.82, 2.24) is 19.5 Å². The van der Waals surface area contributed by atoms with Crippen LogP contribution < -0.4 is 10.5 Å². The molecule has 0 aromatic carbocycles. The lowest BCUT2D eigenvalue weighted by Crippen LogP contribution is -2.05. The van der Waals surface area contributed by atoms with Gasteiger partial charge in [-0.25, -0.2) is 4.98 Å². The molecule has 0 spiro atoms. The minimum atomic E-state index is 0.183. The first-order valence-electron chi connectivity index (χ1n) is 7.19. The monoisotopic (exact) mass is 287 g/mol. The van der Waals surface area contributed by atoms with Gasteiger partial charge in [0.25, 0.3) is 0 Å². The predicted octanol–water partition coefficient (Wildman–Crippen LogP) is 1.05. The van der Waals surface area contributed by atoms with Gasteiger partial charge in [-0.2, -0.15) is 9.97 Å². The number of hydrogen-bond donors (Lipinski definition) is 2. The zero-order valence-corrected chi connectivity index (χ0v) is 11.6. The number of nitrogen functional groups attached to an aromatic ring is 1. The van der Waals surface area contributed by atoms with E-state index in [4.69, 9.17) is 15.6 Å². The summed E-state index contributed by atoms with van der Waals surface area (Å²) in [5.74, 6) is 1.54. The Morgan fingerprint density at radius 1 is 1.43 bits per heavy atom. The first kappa shape index (κ1) is 12.6. The zero-order valence-electron chi connectivity index (χ0n) is 11.6. The summed E-state index contributed by atoms with van der Waals surface area (Å²) >= 11 is 0. The molecule has 2 aromatic rings. The van der Waals surface area contributed by atoms with Gasteiger partial charge in [-0.1, -0.05) is 0 Å². The highest BCUT2D eigenvalue weighted by Gasteiger charge is 2.29. The van der Waals surface area contributed by atoms with Crippen LogP contribution in [-0.2, 0) is 0 Å². The maximum atomic E-state index is 9.10. The van der Waals surface area contributed by atoms with Crippen LogP contribution in [0, 0.1) is 11.8 Å². The van der Waals surface area contributed by atoms with E-state index < -0.39 is 0 Å². The molecule has 2 saturated carbocycles. The molecule has 0 amide bonds. The molecule has 110 valence electrons. The molecular formula is C14H17N5O2. The zero-order chi connectivity index (χ0) is 14.4. The van der Waals surface area contributed by atoms with Crippen molar-refractivity contribution < 1.29 is 9.84 Å². The van der Waals surface area contributed by atoms with Gasteiger partial charge in [0.05, 0.1) is 6.61 Å². The fourth-order valence-corrected chi connectivity index (χ4v) is 2.33. The highest BCUT2D eigenvalue weighted by molar-refractivity contribution is 5.79. The molecule has 1 atom stereocenters. The molecule has 0 aliphatic heterocycles. The topological polar surface area (TPSA) is 99.1 Å². The van der Waals surface area contributed by atoms with Crippen molar-refractivity contribution in [3.8, 4) is 5.88 Å². The summed E-state index contributed by atoms with van der Waals surface area (Å²) in [4.78, 5) is 12.7. The van der Waals surface area contributed by atoms with Crippen molar-refractivity contribution in [2.24, 2.45) is 11.8 Å². The van der Waals surface area contributed by atoms with E-state index in [-0.39, 0.29) is 18.5 Å². The second kappa shape index (κ2) is 4.70. The number of hydrogen-bond acceptors (Lipinski definition) is 6. The number of anilines is 1. The van der Waals surface area contributed by atoms with E-state index in [0.29, 0.717) is 29.6 Å². The summed E-state index contributed by atoms with van der Waals surface area (Å²) in [5.41, 5.74) is 8.23. The molecule has 0 unspecified atom stereocenters. The summed E-state index contributed by atoms with van der Waals surface area (Å²) in [7, 11) is 0. The number of fused-ring (bicyclic) bond motifs is 1. The van der Waals surface area contributed by atoms with E-state index in [9.17, 15) is 0 Å². The van der Waals surface area contributed by atoms with Crippen LogP contribution >= 0.6 is 0 Å². The number of aliphatic hydroxyl groups excluding tert-OH is 1. The lowest BCUT2D eigenvalue weighted by atomic mass is 10.4. The van der Waals surface area contributed by atoms with E-state index in [2.05, 4.69) is 15.0 Å². The number of aromatic nitrogens is 4.